The third kappa shape index (κ3) is 1.71. The molecular formula is C10H13N3O2S. The summed E-state index contributed by atoms with van der Waals surface area (Å²) in [5.41, 5.74) is 2.66. The van der Waals surface area contributed by atoms with Gasteiger partial charge in [0, 0.05) is 11.3 Å². The summed E-state index contributed by atoms with van der Waals surface area (Å²) in [4.78, 5) is 0. The highest BCUT2D eigenvalue weighted by atomic mass is 32.2. The van der Waals surface area contributed by atoms with Crippen LogP contribution in [0.2, 0.25) is 0 Å². The van der Waals surface area contributed by atoms with Crippen LogP contribution in [-0.4, -0.2) is 29.7 Å². The highest BCUT2D eigenvalue weighted by molar-refractivity contribution is 7.92. The van der Waals surface area contributed by atoms with Crippen molar-refractivity contribution in [3.63, 3.8) is 0 Å². The molecular weight excluding hydrogens is 226 g/mol. The predicted molar refractivity (Wildman–Crippen MR) is 58.7 cm³/mol. The number of hydrogen-bond donors (Lipinski definition) is 0. The van der Waals surface area contributed by atoms with Gasteiger partial charge in [0.25, 0.3) is 0 Å². The Bertz CT molecular complexity index is 554. The van der Waals surface area contributed by atoms with Crippen molar-refractivity contribution < 1.29 is 8.42 Å². The van der Waals surface area contributed by atoms with E-state index in [2.05, 4.69) is 11.2 Å². The van der Waals surface area contributed by atoms with Gasteiger partial charge in [0.15, 0.2) is 9.84 Å². The van der Waals surface area contributed by atoms with E-state index >= 15 is 0 Å². The van der Waals surface area contributed by atoms with Gasteiger partial charge in [0.2, 0.25) is 0 Å². The summed E-state index contributed by atoms with van der Waals surface area (Å²) >= 11 is 0. The molecule has 1 aromatic rings. The van der Waals surface area contributed by atoms with Gasteiger partial charge in [0.1, 0.15) is 0 Å². The van der Waals surface area contributed by atoms with Crippen LogP contribution in [0.15, 0.2) is 0 Å². The lowest BCUT2D eigenvalue weighted by molar-refractivity contribution is 0.464. The Morgan fingerprint density at radius 2 is 2.12 bits per heavy atom. The van der Waals surface area contributed by atoms with Crippen LogP contribution in [0.3, 0.4) is 0 Å². The molecule has 0 unspecified atom stereocenters. The van der Waals surface area contributed by atoms with Gasteiger partial charge in [-0.25, -0.2) is 8.42 Å². The van der Waals surface area contributed by atoms with Crippen LogP contribution in [0.1, 0.15) is 23.0 Å². The molecule has 0 aliphatic carbocycles. The average Bonchev–Trinajstić information content (AvgIpc) is 2.42. The fourth-order valence-corrected chi connectivity index (χ4v) is 3.42. The molecule has 2 heterocycles. The molecule has 0 bridgehead atoms. The molecule has 1 aliphatic heterocycles. The summed E-state index contributed by atoms with van der Waals surface area (Å²) in [6, 6.07) is 2.05. The maximum absolute atomic E-state index is 11.1. The van der Waals surface area contributed by atoms with E-state index in [-0.39, 0.29) is 17.5 Å². The van der Waals surface area contributed by atoms with Crippen molar-refractivity contribution in [1.29, 1.82) is 5.26 Å². The molecule has 0 atom stereocenters. The van der Waals surface area contributed by atoms with Crippen LogP contribution >= 0.6 is 0 Å². The first-order valence-corrected chi connectivity index (χ1v) is 6.88. The summed E-state index contributed by atoms with van der Waals surface area (Å²) in [6.45, 7) is 3.74. The smallest absolute Gasteiger partial charge is 0.154 e. The third-order valence-corrected chi connectivity index (χ3v) is 4.75. The van der Waals surface area contributed by atoms with E-state index < -0.39 is 9.84 Å². The first-order valence-electron chi connectivity index (χ1n) is 5.06. The second kappa shape index (κ2) is 3.59. The van der Waals surface area contributed by atoms with Crippen molar-refractivity contribution in [2.24, 2.45) is 0 Å². The molecule has 0 saturated carbocycles. The third-order valence-electron chi connectivity index (χ3n) is 2.97. The second-order valence-electron chi connectivity index (χ2n) is 4.16. The summed E-state index contributed by atoms with van der Waals surface area (Å²) in [5.74, 6) is 0.335. The molecule has 16 heavy (non-hydrogen) atoms. The molecule has 1 aliphatic rings. The number of nitriles is 1. The highest BCUT2D eigenvalue weighted by Gasteiger charge is 2.36. The Balaban J connectivity index is 2.31. The number of hydrogen-bond acceptors (Lipinski definition) is 4. The van der Waals surface area contributed by atoms with Crippen molar-refractivity contribution in [1.82, 2.24) is 9.78 Å². The van der Waals surface area contributed by atoms with Crippen molar-refractivity contribution in [3.8, 4) is 6.07 Å². The van der Waals surface area contributed by atoms with Crippen molar-refractivity contribution in [3.05, 3.63) is 17.0 Å². The quantitative estimate of drug-likeness (QED) is 0.754. The van der Waals surface area contributed by atoms with Crippen LogP contribution in [-0.2, 0) is 16.3 Å². The van der Waals surface area contributed by atoms with E-state index in [0.717, 1.165) is 17.0 Å². The highest BCUT2D eigenvalue weighted by Crippen LogP contribution is 2.26. The minimum Gasteiger partial charge on any atom is -0.264 e. The standard InChI is InChI=1S/C10H13N3O2S/c1-7-10(3-4-11)8(2)13(12-7)9-5-16(14,15)6-9/h9H,3,5-6H2,1-2H3. The van der Waals surface area contributed by atoms with Gasteiger partial charge in [-0.05, 0) is 13.8 Å². The maximum atomic E-state index is 11.1. The zero-order chi connectivity index (χ0) is 11.9. The summed E-state index contributed by atoms with van der Waals surface area (Å²) < 4.78 is 24.0. The minimum atomic E-state index is -2.84. The molecule has 0 N–H and O–H groups in total. The minimum absolute atomic E-state index is 0.0452. The monoisotopic (exact) mass is 239 g/mol. The lowest BCUT2D eigenvalue weighted by Crippen LogP contribution is -2.39. The maximum Gasteiger partial charge on any atom is 0.154 e. The van der Waals surface area contributed by atoms with Crippen LogP contribution < -0.4 is 0 Å². The summed E-state index contributed by atoms with van der Waals surface area (Å²) in [5, 5.41) is 13.0. The average molecular weight is 239 g/mol. The van der Waals surface area contributed by atoms with E-state index in [1.807, 2.05) is 13.8 Å². The van der Waals surface area contributed by atoms with E-state index in [4.69, 9.17) is 5.26 Å². The lowest BCUT2D eigenvalue weighted by Gasteiger charge is -2.27. The van der Waals surface area contributed by atoms with Gasteiger partial charge < -0.3 is 0 Å². The van der Waals surface area contributed by atoms with Gasteiger partial charge in [-0.3, -0.25) is 4.68 Å². The molecule has 5 nitrogen and oxygen atoms in total. The van der Waals surface area contributed by atoms with Crippen molar-refractivity contribution >= 4 is 9.84 Å². The predicted octanol–water partition coefficient (Wildman–Crippen LogP) is 0.536. The molecule has 0 aromatic carbocycles. The van der Waals surface area contributed by atoms with Gasteiger partial charge in [0.05, 0.1) is 35.7 Å². The topological polar surface area (TPSA) is 75.8 Å². The summed E-state index contributed by atoms with van der Waals surface area (Å²) in [6.07, 6.45) is 0.330. The van der Waals surface area contributed by atoms with Crippen molar-refractivity contribution in [2.45, 2.75) is 26.3 Å². The van der Waals surface area contributed by atoms with Crippen LogP contribution in [0.5, 0.6) is 0 Å². The molecule has 86 valence electrons. The van der Waals surface area contributed by atoms with Gasteiger partial charge >= 0.3 is 0 Å². The first-order chi connectivity index (χ1) is 7.44. The van der Waals surface area contributed by atoms with Crippen LogP contribution in [0.4, 0.5) is 0 Å². The SMILES string of the molecule is Cc1nn(C2CS(=O)(=O)C2)c(C)c1CC#N. The van der Waals surface area contributed by atoms with Crippen molar-refractivity contribution in [2.75, 3.05) is 11.5 Å². The Morgan fingerprint density at radius 3 is 2.62 bits per heavy atom. The number of rotatable bonds is 2. The number of aromatic nitrogens is 2. The Kier molecular flexibility index (Phi) is 2.50. The molecule has 0 spiro atoms. The molecule has 6 heteroatoms. The van der Waals surface area contributed by atoms with Crippen LogP contribution in [0.25, 0.3) is 0 Å². The zero-order valence-electron chi connectivity index (χ0n) is 9.27. The van der Waals surface area contributed by atoms with Gasteiger partial charge in [-0.2, -0.15) is 10.4 Å². The number of nitrogens with zero attached hydrogens (tertiary/aromatic N) is 3. The first kappa shape index (κ1) is 11.1. The number of aryl methyl sites for hydroxylation is 1. The second-order valence-corrected chi connectivity index (χ2v) is 6.31. The Hall–Kier alpha value is -1.35. The largest absolute Gasteiger partial charge is 0.264 e. The molecule has 1 saturated heterocycles. The normalized spacial score (nSPS) is 19.1. The fraction of sp³-hybridized carbons (Fsp3) is 0.600. The Morgan fingerprint density at radius 1 is 1.50 bits per heavy atom. The Labute approximate surface area is 94.6 Å². The van der Waals surface area contributed by atoms with Gasteiger partial charge in [-0.15, -0.1) is 0 Å². The van der Waals surface area contributed by atoms with E-state index in [0.29, 0.717) is 6.42 Å². The van der Waals surface area contributed by atoms with Crippen LogP contribution in [0, 0.1) is 25.2 Å². The molecule has 0 radical (unpaired) electrons. The fourth-order valence-electron chi connectivity index (χ4n) is 2.07. The van der Waals surface area contributed by atoms with E-state index in [1.165, 1.54) is 0 Å². The molecule has 2 rings (SSSR count). The molecule has 1 aromatic heterocycles. The van der Waals surface area contributed by atoms with E-state index in [1.54, 1.807) is 4.68 Å². The lowest BCUT2D eigenvalue weighted by atomic mass is 10.1. The van der Waals surface area contributed by atoms with Gasteiger partial charge in [-0.1, -0.05) is 0 Å². The van der Waals surface area contributed by atoms with E-state index in [9.17, 15) is 8.42 Å². The zero-order valence-corrected chi connectivity index (χ0v) is 10.1. The molecule has 0 amide bonds. The summed E-state index contributed by atoms with van der Waals surface area (Å²) in [7, 11) is -2.84. The number of sulfone groups is 1. The molecule has 1 fully saturated rings.